The Morgan fingerprint density at radius 3 is 2.44 bits per heavy atom. The zero-order valence-electron chi connectivity index (χ0n) is 17.5. The van der Waals surface area contributed by atoms with E-state index in [1.54, 1.807) is 11.1 Å². The molecule has 0 saturated carbocycles. The smallest absolute Gasteiger partial charge is 0.0308 e. The molecule has 1 saturated heterocycles. The van der Waals surface area contributed by atoms with Crippen molar-refractivity contribution in [2.75, 3.05) is 13.6 Å². The molecule has 27 heavy (non-hydrogen) atoms. The van der Waals surface area contributed by atoms with Gasteiger partial charge in [-0.15, -0.1) is 0 Å². The lowest BCUT2D eigenvalue weighted by atomic mass is 9.71. The van der Waals surface area contributed by atoms with Crippen molar-refractivity contribution in [1.29, 1.82) is 0 Å². The molecule has 2 aromatic rings. The zero-order valence-corrected chi connectivity index (χ0v) is 17.5. The van der Waals surface area contributed by atoms with E-state index in [-0.39, 0.29) is 0 Å². The average molecular weight is 360 g/mol. The van der Waals surface area contributed by atoms with Crippen LogP contribution in [0, 0.1) is 19.8 Å². The van der Waals surface area contributed by atoms with E-state index in [1.807, 2.05) is 0 Å². The van der Waals surface area contributed by atoms with Crippen molar-refractivity contribution in [3.05, 3.63) is 75.9 Å². The second-order valence-electron chi connectivity index (χ2n) is 8.94. The van der Waals surface area contributed by atoms with Crippen LogP contribution in [-0.2, 0) is 6.42 Å². The molecule has 1 aliphatic carbocycles. The van der Waals surface area contributed by atoms with E-state index in [0.29, 0.717) is 17.9 Å². The first-order chi connectivity index (χ1) is 13.0. The van der Waals surface area contributed by atoms with Gasteiger partial charge in [-0.1, -0.05) is 60.5 Å². The van der Waals surface area contributed by atoms with Crippen molar-refractivity contribution in [1.82, 2.24) is 4.90 Å². The number of fused-ring (bicyclic) bond motifs is 2. The van der Waals surface area contributed by atoms with Crippen LogP contribution in [0.5, 0.6) is 0 Å². The molecule has 3 aliphatic rings. The van der Waals surface area contributed by atoms with Crippen LogP contribution >= 0.6 is 0 Å². The molecule has 3 atom stereocenters. The van der Waals surface area contributed by atoms with Gasteiger partial charge in [-0.05, 0) is 86.7 Å². The molecule has 1 heteroatoms. The first-order valence-electron chi connectivity index (χ1n) is 10.5. The van der Waals surface area contributed by atoms with Crippen molar-refractivity contribution in [2.45, 2.75) is 58.9 Å². The molecule has 0 amide bonds. The summed E-state index contributed by atoms with van der Waals surface area (Å²) in [6, 6.07) is 16.5. The molecular formula is C26H33N. The predicted octanol–water partition coefficient (Wildman–Crippen LogP) is 6.15. The summed E-state index contributed by atoms with van der Waals surface area (Å²) in [6.45, 7) is 10.6. The standard InChI is InChI=1S/C26H33N/c1-17-13-23(15-18(2)21-9-7-6-8-10-21)19(3)24(14-17)26-20(4)25-12-11-22(26)16-27(25)5/h6-10,13-14,18,22,25H,11-12,15-16H2,1-5H3. The molecule has 2 bridgehead atoms. The highest BCUT2D eigenvalue weighted by Gasteiger charge is 2.37. The SMILES string of the molecule is CC1=C(c2cc(C)cc(CC(C)c3ccccc3)c2C)C2CCC1N(C)C2. The highest BCUT2D eigenvalue weighted by Crippen LogP contribution is 2.45. The third-order valence-electron chi connectivity index (χ3n) is 7.01. The van der Waals surface area contributed by atoms with Gasteiger partial charge in [0.05, 0.1) is 0 Å². The second-order valence-corrected chi connectivity index (χ2v) is 8.94. The molecule has 0 N–H and O–H groups in total. The number of aryl methyl sites for hydroxylation is 1. The normalized spacial score (nSPS) is 23.7. The molecule has 1 nitrogen and oxygen atoms in total. The Morgan fingerprint density at radius 2 is 1.78 bits per heavy atom. The maximum Gasteiger partial charge on any atom is 0.0308 e. The van der Waals surface area contributed by atoms with Gasteiger partial charge in [0.15, 0.2) is 0 Å². The molecule has 5 rings (SSSR count). The predicted molar refractivity (Wildman–Crippen MR) is 116 cm³/mol. The van der Waals surface area contributed by atoms with Crippen LogP contribution in [0.25, 0.3) is 5.57 Å². The lowest BCUT2D eigenvalue weighted by Crippen LogP contribution is -2.46. The fourth-order valence-electron chi connectivity index (χ4n) is 5.52. The van der Waals surface area contributed by atoms with Crippen molar-refractivity contribution in [3.63, 3.8) is 0 Å². The van der Waals surface area contributed by atoms with Gasteiger partial charge in [0.1, 0.15) is 0 Å². The first kappa shape index (κ1) is 18.5. The molecule has 2 heterocycles. The minimum absolute atomic E-state index is 0.545. The Bertz CT molecular complexity index is 861. The topological polar surface area (TPSA) is 3.24 Å². The quantitative estimate of drug-likeness (QED) is 0.633. The maximum atomic E-state index is 2.57. The van der Waals surface area contributed by atoms with E-state index in [0.717, 1.165) is 6.42 Å². The summed E-state index contributed by atoms with van der Waals surface area (Å²) < 4.78 is 0. The molecule has 0 aromatic heterocycles. The first-order valence-corrected chi connectivity index (χ1v) is 10.5. The molecule has 0 radical (unpaired) electrons. The number of hydrogen-bond donors (Lipinski definition) is 0. The molecule has 3 unspecified atom stereocenters. The Hall–Kier alpha value is -1.86. The van der Waals surface area contributed by atoms with E-state index in [1.165, 1.54) is 47.2 Å². The lowest BCUT2D eigenvalue weighted by Gasteiger charge is -2.46. The van der Waals surface area contributed by atoms with Gasteiger partial charge in [0.25, 0.3) is 0 Å². The number of likely N-dealkylation sites (N-methyl/N-ethyl adjacent to an activating group) is 1. The van der Waals surface area contributed by atoms with E-state index < -0.39 is 0 Å². The summed E-state index contributed by atoms with van der Waals surface area (Å²) in [5, 5.41) is 0. The summed E-state index contributed by atoms with van der Waals surface area (Å²) in [5.74, 6) is 1.25. The van der Waals surface area contributed by atoms with Crippen molar-refractivity contribution in [3.8, 4) is 0 Å². The van der Waals surface area contributed by atoms with Gasteiger partial charge < -0.3 is 0 Å². The van der Waals surface area contributed by atoms with Crippen molar-refractivity contribution < 1.29 is 0 Å². The maximum absolute atomic E-state index is 2.57. The van der Waals surface area contributed by atoms with Crippen LogP contribution in [0.3, 0.4) is 0 Å². The second kappa shape index (κ2) is 7.28. The van der Waals surface area contributed by atoms with Crippen LogP contribution in [0.4, 0.5) is 0 Å². The van der Waals surface area contributed by atoms with E-state index in [9.17, 15) is 0 Å². The van der Waals surface area contributed by atoms with Gasteiger partial charge in [-0.3, -0.25) is 4.90 Å². The summed E-state index contributed by atoms with van der Waals surface area (Å²) in [5.41, 5.74) is 10.7. The number of hydrogen-bond acceptors (Lipinski definition) is 1. The van der Waals surface area contributed by atoms with Gasteiger partial charge in [-0.25, -0.2) is 0 Å². The molecule has 2 aliphatic heterocycles. The van der Waals surface area contributed by atoms with E-state index in [2.05, 4.69) is 82.1 Å². The molecule has 142 valence electrons. The minimum atomic E-state index is 0.545. The molecule has 1 fully saturated rings. The fraction of sp³-hybridized carbons (Fsp3) is 0.462. The molecule has 2 aromatic carbocycles. The summed E-state index contributed by atoms with van der Waals surface area (Å²) in [6.07, 6.45) is 3.80. The van der Waals surface area contributed by atoms with Gasteiger partial charge in [0, 0.05) is 12.6 Å². The highest BCUT2D eigenvalue weighted by atomic mass is 15.1. The molecular weight excluding hydrogens is 326 g/mol. The number of piperidine rings is 1. The highest BCUT2D eigenvalue weighted by molar-refractivity contribution is 5.76. The van der Waals surface area contributed by atoms with Gasteiger partial charge in [0.2, 0.25) is 0 Å². The summed E-state index contributed by atoms with van der Waals surface area (Å²) in [4.78, 5) is 2.57. The lowest BCUT2D eigenvalue weighted by molar-refractivity contribution is 0.168. The summed E-state index contributed by atoms with van der Waals surface area (Å²) in [7, 11) is 2.30. The van der Waals surface area contributed by atoms with Crippen molar-refractivity contribution >= 4 is 5.57 Å². The summed E-state index contributed by atoms with van der Waals surface area (Å²) >= 11 is 0. The molecule has 0 spiro atoms. The van der Waals surface area contributed by atoms with Crippen LogP contribution in [0.1, 0.15) is 60.4 Å². The largest absolute Gasteiger partial charge is 0.299 e. The minimum Gasteiger partial charge on any atom is -0.299 e. The van der Waals surface area contributed by atoms with Crippen molar-refractivity contribution in [2.24, 2.45) is 5.92 Å². The third-order valence-corrected chi connectivity index (χ3v) is 7.01. The van der Waals surface area contributed by atoms with Crippen LogP contribution in [0.2, 0.25) is 0 Å². The van der Waals surface area contributed by atoms with E-state index in [4.69, 9.17) is 0 Å². The van der Waals surface area contributed by atoms with Gasteiger partial charge in [-0.2, -0.15) is 0 Å². The Balaban J connectivity index is 1.72. The third kappa shape index (κ3) is 3.38. The zero-order chi connectivity index (χ0) is 19.1. The monoisotopic (exact) mass is 359 g/mol. The fourth-order valence-corrected chi connectivity index (χ4v) is 5.52. The number of nitrogens with zero attached hydrogens (tertiary/aromatic N) is 1. The van der Waals surface area contributed by atoms with Gasteiger partial charge >= 0.3 is 0 Å². The van der Waals surface area contributed by atoms with Crippen LogP contribution < -0.4 is 0 Å². The Kier molecular flexibility index (Phi) is 4.99. The Labute approximate surface area is 165 Å². The Morgan fingerprint density at radius 1 is 1.04 bits per heavy atom. The average Bonchev–Trinajstić information content (AvgIpc) is 2.65. The number of rotatable bonds is 4. The van der Waals surface area contributed by atoms with Crippen LogP contribution in [-0.4, -0.2) is 24.5 Å². The van der Waals surface area contributed by atoms with Crippen LogP contribution in [0.15, 0.2) is 48.0 Å². The van der Waals surface area contributed by atoms with E-state index >= 15 is 0 Å². The number of benzene rings is 2.